The lowest BCUT2D eigenvalue weighted by Crippen LogP contribution is -2.28. The van der Waals surface area contributed by atoms with Crippen LogP contribution in [0.25, 0.3) is 0 Å². The molecule has 0 aromatic heterocycles. The second kappa shape index (κ2) is 9.03. The highest BCUT2D eigenvalue weighted by Gasteiger charge is 2.33. The quantitative estimate of drug-likeness (QED) is 0.442. The van der Waals surface area contributed by atoms with Crippen LogP contribution in [0.5, 0.6) is 5.75 Å². The Hall–Kier alpha value is -0.980. The van der Waals surface area contributed by atoms with Crippen LogP contribution in [0.1, 0.15) is 132 Å². The van der Waals surface area contributed by atoms with Gasteiger partial charge in [-0.2, -0.15) is 0 Å². The van der Waals surface area contributed by atoms with Gasteiger partial charge < -0.3 is 4.74 Å². The molecule has 0 amide bonds. The zero-order chi connectivity index (χ0) is 22.8. The molecule has 1 heteroatoms. The average molecular weight is 403 g/mol. The molecule has 0 aliphatic heterocycles. The first-order valence-electron chi connectivity index (χ1n) is 11.8. The van der Waals surface area contributed by atoms with Crippen LogP contribution in [0.15, 0.2) is 12.1 Å². The maximum absolute atomic E-state index is 6.72. The Morgan fingerprint density at radius 1 is 0.793 bits per heavy atom. The van der Waals surface area contributed by atoms with E-state index in [9.17, 15) is 0 Å². The summed E-state index contributed by atoms with van der Waals surface area (Å²) in [4.78, 5) is 0. The Morgan fingerprint density at radius 2 is 1.31 bits per heavy atom. The Labute approximate surface area is 183 Å². The summed E-state index contributed by atoms with van der Waals surface area (Å²) < 4.78 is 6.72. The average Bonchev–Trinajstić information content (AvgIpc) is 2.53. The highest BCUT2D eigenvalue weighted by atomic mass is 16.5. The lowest BCUT2D eigenvalue weighted by Gasteiger charge is -2.37. The van der Waals surface area contributed by atoms with Crippen LogP contribution in [0, 0.1) is 10.8 Å². The summed E-state index contributed by atoms with van der Waals surface area (Å²) in [6, 6.07) is 4.97. The van der Waals surface area contributed by atoms with Crippen molar-refractivity contribution in [1.82, 2.24) is 0 Å². The van der Waals surface area contributed by atoms with Gasteiger partial charge in [-0.15, -0.1) is 0 Å². The summed E-state index contributed by atoms with van der Waals surface area (Å²) >= 11 is 0. The molecular weight excluding hydrogens is 352 g/mol. The van der Waals surface area contributed by atoms with Crippen molar-refractivity contribution in [3.05, 3.63) is 28.8 Å². The molecule has 0 N–H and O–H groups in total. The maximum Gasteiger partial charge on any atom is 0.126 e. The molecule has 0 saturated heterocycles. The van der Waals surface area contributed by atoms with Gasteiger partial charge in [0.1, 0.15) is 11.4 Å². The Balaban J connectivity index is 3.93. The molecule has 168 valence electrons. The molecule has 29 heavy (non-hydrogen) atoms. The predicted molar refractivity (Wildman–Crippen MR) is 130 cm³/mol. The summed E-state index contributed by atoms with van der Waals surface area (Å²) in [6.07, 6.45) is 4.47. The molecule has 0 fully saturated rings. The number of hydrogen-bond acceptors (Lipinski definition) is 1. The third kappa shape index (κ3) is 7.04. The Kier molecular flexibility index (Phi) is 8.11. The minimum absolute atomic E-state index is 0.192. The monoisotopic (exact) mass is 402 g/mol. The van der Waals surface area contributed by atoms with Crippen molar-refractivity contribution in [1.29, 1.82) is 0 Å². The Morgan fingerprint density at radius 3 is 1.66 bits per heavy atom. The largest absolute Gasteiger partial charge is 0.488 e. The lowest BCUT2D eigenvalue weighted by atomic mass is 9.70. The molecule has 1 aromatic carbocycles. The van der Waals surface area contributed by atoms with E-state index in [4.69, 9.17) is 4.74 Å². The van der Waals surface area contributed by atoms with Crippen LogP contribution in [0.3, 0.4) is 0 Å². The second-order valence-corrected chi connectivity index (χ2v) is 12.6. The molecule has 1 unspecified atom stereocenters. The van der Waals surface area contributed by atoms with Gasteiger partial charge in [-0.3, -0.25) is 0 Å². The van der Waals surface area contributed by atoms with E-state index in [1.165, 1.54) is 16.7 Å². The normalized spacial score (nSPS) is 14.8. The smallest absolute Gasteiger partial charge is 0.126 e. The zero-order valence-electron chi connectivity index (χ0n) is 22.0. The number of ether oxygens (including phenoxy) is 1. The molecule has 0 bridgehead atoms. The van der Waals surface area contributed by atoms with Crippen LogP contribution >= 0.6 is 0 Å². The van der Waals surface area contributed by atoms with Gasteiger partial charge in [-0.25, -0.2) is 0 Å². The topological polar surface area (TPSA) is 9.23 Å². The van der Waals surface area contributed by atoms with Crippen molar-refractivity contribution in [2.45, 2.75) is 133 Å². The third-order valence-corrected chi connectivity index (χ3v) is 6.41. The molecule has 0 saturated carbocycles. The number of benzene rings is 1. The van der Waals surface area contributed by atoms with E-state index in [0.717, 1.165) is 31.4 Å². The minimum Gasteiger partial charge on any atom is -0.488 e. The molecule has 1 aromatic rings. The standard InChI is InChI=1S/C28H50O/c1-14-23(26(7,8)9)22-18-21(28(13,15-2)16-3)17-20(19-25(4,5)6)24(22)29-27(10,11)12/h17-18,23H,14-16,19H2,1-13H3. The summed E-state index contributed by atoms with van der Waals surface area (Å²) in [5.41, 5.74) is 4.69. The summed E-state index contributed by atoms with van der Waals surface area (Å²) in [5.74, 6) is 1.61. The van der Waals surface area contributed by atoms with Gasteiger partial charge >= 0.3 is 0 Å². The summed E-state index contributed by atoms with van der Waals surface area (Å²) in [7, 11) is 0. The van der Waals surface area contributed by atoms with Crippen molar-refractivity contribution in [3.8, 4) is 5.75 Å². The van der Waals surface area contributed by atoms with Crippen molar-refractivity contribution in [3.63, 3.8) is 0 Å². The molecule has 1 atom stereocenters. The molecular formula is C28H50O. The van der Waals surface area contributed by atoms with Gasteiger partial charge in [-0.1, -0.05) is 81.4 Å². The van der Waals surface area contributed by atoms with Crippen LogP contribution < -0.4 is 4.74 Å². The van der Waals surface area contributed by atoms with Gasteiger partial charge in [0.15, 0.2) is 0 Å². The lowest BCUT2D eigenvalue weighted by molar-refractivity contribution is 0.124. The van der Waals surface area contributed by atoms with E-state index in [-0.39, 0.29) is 21.8 Å². The third-order valence-electron chi connectivity index (χ3n) is 6.41. The van der Waals surface area contributed by atoms with E-state index in [2.05, 4.69) is 102 Å². The van der Waals surface area contributed by atoms with Crippen LogP contribution in [0.4, 0.5) is 0 Å². The van der Waals surface area contributed by atoms with Crippen molar-refractivity contribution in [2.75, 3.05) is 0 Å². The van der Waals surface area contributed by atoms with Gasteiger partial charge in [0, 0.05) is 0 Å². The highest BCUT2D eigenvalue weighted by Crippen LogP contribution is 2.47. The predicted octanol–water partition coefficient (Wildman–Crippen LogP) is 9.07. The van der Waals surface area contributed by atoms with E-state index in [1.807, 2.05) is 0 Å². The van der Waals surface area contributed by atoms with Gasteiger partial charge in [0.05, 0.1) is 0 Å². The fourth-order valence-electron chi connectivity index (χ4n) is 4.41. The number of hydrogen-bond donors (Lipinski definition) is 0. The first-order valence-corrected chi connectivity index (χ1v) is 11.8. The van der Waals surface area contributed by atoms with Crippen LogP contribution in [-0.4, -0.2) is 5.60 Å². The highest BCUT2D eigenvalue weighted by molar-refractivity contribution is 5.50. The molecule has 1 nitrogen and oxygen atoms in total. The van der Waals surface area contributed by atoms with E-state index in [0.29, 0.717) is 5.92 Å². The van der Waals surface area contributed by atoms with E-state index >= 15 is 0 Å². The SMILES string of the molecule is CCC(c1cc(C(C)(CC)CC)cc(CC(C)(C)C)c1OC(C)(C)C)C(C)(C)C. The minimum atomic E-state index is -0.210. The van der Waals surface area contributed by atoms with Crippen LogP contribution in [-0.2, 0) is 11.8 Å². The first-order chi connectivity index (χ1) is 13.0. The van der Waals surface area contributed by atoms with Gasteiger partial charge in [-0.05, 0) is 85.3 Å². The maximum atomic E-state index is 6.72. The van der Waals surface area contributed by atoms with Crippen molar-refractivity contribution in [2.24, 2.45) is 10.8 Å². The fraction of sp³-hybridized carbons (Fsp3) is 0.786. The molecule has 0 aliphatic rings. The molecule has 0 radical (unpaired) electrons. The van der Waals surface area contributed by atoms with Crippen molar-refractivity contribution >= 4 is 0 Å². The van der Waals surface area contributed by atoms with Crippen molar-refractivity contribution < 1.29 is 4.74 Å². The van der Waals surface area contributed by atoms with Crippen LogP contribution in [0.2, 0.25) is 0 Å². The fourth-order valence-corrected chi connectivity index (χ4v) is 4.41. The zero-order valence-corrected chi connectivity index (χ0v) is 22.0. The van der Waals surface area contributed by atoms with E-state index in [1.54, 1.807) is 0 Å². The molecule has 0 spiro atoms. The second-order valence-electron chi connectivity index (χ2n) is 12.6. The van der Waals surface area contributed by atoms with Gasteiger partial charge in [0.25, 0.3) is 0 Å². The number of rotatable bonds is 7. The summed E-state index contributed by atoms with van der Waals surface area (Å²) in [5, 5.41) is 0. The first kappa shape index (κ1) is 26.1. The molecule has 1 rings (SSSR count). The molecule has 0 aliphatic carbocycles. The summed E-state index contributed by atoms with van der Waals surface area (Å²) in [6.45, 7) is 30.0. The van der Waals surface area contributed by atoms with E-state index < -0.39 is 0 Å². The molecule has 0 heterocycles. The Bertz CT molecular complexity index is 657. The van der Waals surface area contributed by atoms with Gasteiger partial charge in [0.2, 0.25) is 0 Å².